The van der Waals surface area contributed by atoms with Gasteiger partial charge in [-0.1, -0.05) is 37.6 Å². The summed E-state index contributed by atoms with van der Waals surface area (Å²) < 4.78 is 10.7. The number of carbonyl (C=O) groups is 2. The van der Waals surface area contributed by atoms with Crippen molar-refractivity contribution in [2.75, 3.05) is 20.8 Å². The molecule has 1 aliphatic rings. The molecule has 0 radical (unpaired) electrons. The molecule has 0 aliphatic carbocycles. The highest BCUT2D eigenvalue weighted by Gasteiger charge is 2.41. The minimum absolute atomic E-state index is 0.0688. The summed E-state index contributed by atoms with van der Waals surface area (Å²) in [6.07, 6.45) is 4.44. The van der Waals surface area contributed by atoms with Gasteiger partial charge in [-0.05, 0) is 24.5 Å². The normalized spacial score (nSPS) is 18.5. The summed E-state index contributed by atoms with van der Waals surface area (Å²) in [5.74, 6) is 0.898. The van der Waals surface area contributed by atoms with Crippen molar-refractivity contribution < 1.29 is 19.1 Å². The minimum atomic E-state index is -0.350. The highest BCUT2D eigenvalue weighted by molar-refractivity contribution is 5.85. The number of unbranched alkanes of at least 4 members (excludes halogenated alkanes) is 1. The fourth-order valence-corrected chi connectivity index (χ4v) is 4.07. The fraction of sp³-hybridized carbons (Fsp3) is 0.458. The number of nitrogens with one attached hydrogen (secondary N) is 1. The average molecular weight is 426 g/mol. The van der Waals surface area contributed by atoms with Gasteiger partial charge in [0.05, 0.1) is 26.2 Å². The topological polar surface area (TPSA) is 80.8 Å². The van der Waals surface area contributed by atoms with E-state index >= 15 is 0 Å². The van der Waals surface area contributed by atoms with E-state index < -0.39 is 0 Å². The lowest BCUT2D eigenvalue weighted by Crippen LogP contribution is -2.48. The molecule has 1 aromatic heterocycles. The molecule has 1 aromatic carbocycles. The van der Waals surface area contributed by atoms with Crippen LogP contribution in [0.3, 0.4) is 0 Å². The molecule has 7 heteroatoms. The number of hydrogen-bond acceptors (Lipinski definition) is 5. The first-order valence-corrected chi connectivity index (χ1v) is 10.8. The van der Waals surface area contributed by atoms with Gasteiger partial charge in [0.15, 0.2) is 0 Å². The quantitative estimate of drug-likeness (QED) is 0.665. The average Bonchev–Trinajstić information content (AvgIpc) is 2.81. The second kappa shape index (κ2) is 10.8. The monoisotopic (exact) mass is 425 g/mol. The maximum absolute atomic E-state index is 13.3. The first-order valence-electron chi connectivity index (χ1n) is 10.8. The van der Waals surface area contributed by atoms with E-state index in [9.17, 15) is 9.59 Å². The number of nitrogens with zero attached hydrogens (tertiary/aromatic N) is 2. The lowest BCUT2D eigenvalue weighted by molar-refractivity contribution is -0.143. The molecule has 7 nitrogen and oxygen atoms in total. The third-order valence-corrected chi connectivity index (χ3v) is 5.73. The van der Waals surface area contributed by atoms with Gasteiger partial charge in [-0.3, -0.25) is 9.59 Å². The number of ether oxygens (including phenoxy) is 2. The Morgan fingerprint density at radius 1 is 1.19 bits per heavy atom. The second-order valence-electron chi connectivity index (χ2n) is 7.70. The Balaban J connectivity index is 1.84. The molecule has 0 spiro atoms. The van der Waals surface area contributed by atoms with Crippen LogP contribution in [0.1, 0.15) is 49.8 Å². The van der Waals surface area contributed by atoms with Crippen molar-refractivity contribution in [3.8, 4) is 11.6 Å². The van der Waals surface area contributed by atoms with Crippen molar-refractivity contribution in [3.05, 3.63) is 53.7 Å². The molecule has 2 atom stereocenters. The molecule has 0 unspecified atom stereocenters. The van der Waals surface area contributed by atoms with E-state index in [2.05, 4.69) is 17.2 Å². The molecule has 1 saturated heterocycles. The number of likely N-dealkylation sites (tertiary alicyclic amines) is 1. The lowest BCUT2D eigenvalue weighted by Gasteiger charge is -2.41. The summed E-state index contributed by atoms with van der Waals surface area (Å²) in [4.78, 5) is 32.1. The number of piperidine rings is 1. The molecular weight excluding hydrogens is 394 g/mol. The number of carbonyl (C=O) groups excluding carboxylic acids is 2. The van der Waals surface area contributed by atoms with Crippen molar-refractivity contribution in [1.82, 2.24) is 15.2 Å². The van der Waals surface area contributed by atoms with E-state index in [1.165, 1.54) is 0 Å². The number of benzene rings is 1. The number of hydrogen-bond donors (Lipinski definition) is 1. The van der Waals surface area contributed by atoms with Crippen LogP contribution < -0.4 is 14.8 Å². The summed E-state index contributed by atoms with van der Waals surface area (Å²) in [5, 5.41) is 3.04. The minimum Gasteiger partial charge on any atom is -0.496 e. The van der Waals surface area contributed by atoms with Crippen LogP contribution in [0.2, 0.25) is 0 Å². The first-order chi connectivity index (χ1) is 15.1. The second-order valence-corrected chi connectivity index (χ2v) is 7.70. The Morgan fingerprint density at radius 2 is 2.00 bits per heavy atom. The van der Waals surface area contributed by atoms with Crippen LogP contribution in [0.15, 0.2) is 42.6 Å². The number of aromatic nitrogens is 1. The van der Waals surface area contributed by atoms with Gasteiger partial charge in [-0.25, -0.2) is 4.98 Å². The highest BCUT2D eigenvalue weighted by Crippen LogP contribution is 2.40. The van der Waals surface area contributed by atoms with Gasteiger partial charge >= 0.3 is 0 Å². The van der Waals surface area contributed by atoms with Crippen LogP contribution in [0.5, 0.6) is 11.6 Å². The van der Waals surface area contributed by atoms with Crippen LogP contribution in [0, 0.1) is 5.92 Å². The van der Waals surface area contributed by atoms with E-state index in [0.29, 0.717) is 37.6 Å². The molecule has 3 rings (SSSR count). The number of amides is 2. The van der Waals surface area contributed by atoms with Crippen molar-refractivity contribution in [2.45, 2.75) is 45.2 Å². The van der Waals surface area contributed by atoms with Gasteiger partial charge in [-0.15, -0.1) is 0 Å². The molecular formula is C24H31N3O4. The molecule has 2 aromatic rings. The molecule has 2 heterocycles. The van der Waals surface area contributed by atoms with Crippen LogP contribution >= 0.6 is 0 Å². The van der Waals surface area contributed by atoms with Gasteiger partial charge in [0.25, 0.3) is 0 Å². The third-order valence-electron chi connectivity index (χ3n) is 5.73. The first kappa shape index (κ1) is 22.6. The largest absolute Gasteiger partial charge is 0.496 e. The Kier molecular flexibility index (Phi) is 7.87. The molecule has 0 bridgehead atoms. The van der Waals surface area contributed by atoms with E-state index in [0.717, 1.165) is 24.0 Å². The molecule has 166 valence electrons. The SMILES string of the molecule is CCCCN1C(=O)CC[C@@H](C(=O)NCc2ccc(OC)nc2)[C@H]1c1ccccc1OC. The Bertz CT molecular complexity index is 885. The van der Waals surface area contributed by atoms with Crippen LogP contribution in [0.4, 0.5) is 0 Å². The van der Waals surface area contributed by atoms with E-state index in [-0.39, 0.29) is 23.8 Å². The fourth-order valence-electron chi connectivity index (χ4n) is 4.07. The number of pyridine rings is 1. The van der Waals surface area contributed by atoms with Gasteiger partial charge in [0.1, 0.15) is 5.75 Å². The molecule has 1 aliphatic heterocycles. The molecule has 1 fully saturated rings. The van der Waals surface area contributed by atoms with Crippen molar-refractivity contribution in [3.63, 3.8) is 0 Å². The maximum Gasteiger partial charge on any atom is 0.225 e. The smallest absolute Gasteiger partial charge is 0.225 e. The van der Waals surface area contributed by atoms with Crippen molar-refractivity contribution in [1.29, 1.82) is 0 Å². The number of para-hydroxylation sites is 1. The highest BCUT2D eigenvalue weighted by atomic mass is 16.5. The molecule has 1 N–H and O–H groups in total. The summed E-state index contributed by atoms with van der Waals surface area (Å²) in [5.41, 5.74) is 1.76. The molecule has 2 amide bonds. The van der Waals surface area contributed by atoms with Crippen molar-refractivity contribution >= 4 is 11.8 Å². The van der Waals surface area contributed by atoms with Crippen molar-refractivity contribution in [2.24, 2.45) is 5.92 Å². The Morgan fingerprint density at radius 3 is 2.68 bits per heavy atom. The maximum atomic E-state index is 13.3. The van der Waals surface area contributed by atoms with E-state index in [4.69, 9.17) is 9.47 Å². The standard InChI is InChI=1S/C24H31N3O4/c1-4-5-14-27-22(28)13-11-19(23(27)18-8-6-7-9-20(18)30-2)24(29)26-16-17-10-12-21(31-3)25-15-17/h6-10,12,15,19,23H,4-5,11,13-14,16H2,1-3H3,(H,26,29)/t19-,23-/m1/s1. The van der Waals surface area contributed by atoms with E-state index in [1.807, 2.05) is 35.2 Å². The zero-order chi connectivity index (χ0) is 22.2. The zero-order valence-electron chi connectivity index (χ0n) is 18.5. The molecule has 0 saturated carbocycles. The predicted octanol–water partition coefficient (Wildman–Crippen LogP) is 3.50. The number of rotatable bonds is 9. The Hall–Kier alpha value is -3.09. The van der Waals surface area contributed by atoms with Gasteiger partial charge in [0, 0.05) is 37.3 Å². The number of methoxy groups -OCH3 is 2. The van der Waals surface area contributed by atoms with E-state index in [1.54, 1.807) is 26.5 Å². The lowest BCUT2D eigenvalue weighted by atomic mass is 9.83. The van der Waals surface area contributed by atoms with Gasteiger partial charge < -0.3 is 19.7 Å². The van der Waals surface area contributed by atoms with Gasteiger partial charge in [-0.2, -0.15) is 0 Å². The van der Waals surface area contributed by atoms with Crippen LogP contribution in [-0.2, 0) is 16.1 Å². The molecule has 31 heavy (non-hydrogen) atoms. The summed E-state index contributed by atoms with van der Waals surface area (Å²) in [6.45, 7) is 3.09. The summed E-state index contributed by atoms with van der Waals surface area (Å²) >= 11 is 0. The third kappa shape index (κ3) is 5.34. The summed E-state index contributed by atoms with van der Waals surface area (Å²) in [6, 6.07) is 11.0. The predicted molar refractivity (Wildman–Crippen MR) is 118 cm³/mol. The zero-order valence-corrected chi connectivity index (χ0v) is 18.5. The van der Waals surface area contributed by atoms with Crippen LogP contribution in [-0.4, -0.2) is 42.5 Å². The summed E-state index contributed by atoms with van der Waals surface area (Å²) in [7, 11) is 3.18. The van der Waals surface area contributed by atoms with Gasteiger partial charge in [0.2, 0.25) is 17.7 Å². The van der Waals surface area contributed by atoms with Crippen LogP contribution in [0.25, 0.3) is 0 Å². The Labute approximate surface area is 183 Å².